The van der Waals surface area contributed by atoms with E-state index in [0.29, 0.717) is 0 Å². The Morgan fingerprint density at radius 1 is 1.73 bits per heavy atom. The number of aliphatic carboxylic acids is 1. The molecule has 0 radical (unpaired) electrons. The third-order valence-electron chi connectivity index (χ3n) is 1.06. The molecule has 1 aromatic rings. The van der Waals surface area contributed by atoms with Gasteiger partial charge >= 0.3 is 5.97 Å². The quantitative estimate of drug-likeness (QED) is 0.309. The number of imidazole rings is 1. The summed E-state index contributed by atoms with van der Waals surface area (Å²) >= 11 is 0. The van der Waals surface area contributed by atoms with Gasteiger partial charge in [0.15, 0.2) is 0 Å². The Hall–Kier alpha value is -1.85. The van der Waals surface area contributed by atoms with Gasteiger partial charge in [-0.2, -0.15) is 0 Å². The first-order valence-electron chi connectivity index (χ1n) is 2.70. The maximum absolute atomic E-state index is 10.3. The highest BCUT2D eigenvalue weighted by Crippen LogP contribution is 1.94. The minimum Gasteiger partial charge on any atom is -0.476 e. The Balaban J connectivity index is 2.99. The van der Waals surface area contributed by atoms with Crippen LogP contribution < -0.4 is 0 Å². The highest BCUT2D eigenvalue weighted by Gasteiger charge is 2.13. The van der Waals surface area contributed by atoms with Crippen molar-refractivity contribution < 1.29 is 15.1 Å². The van der Waals surface area contributed by atoms with Crippen LogP contribution in [-0.4, -0.2) is 32.0 Å². The Bertz CT molecular complexity index is 277. The first-order valence-corrected chi connectivity index (χ1v) is 2.70. The highest BCUT2D eigenvalue weighted by atomic mass is 16.4. The van der Waals surface area contributed by atoms with E-state index < -0.39 is 11.7 Å². The average molecular weight is 155 g/mol. The summed E-state index contributed by atoms with van der Waals surface area (Å²) in [5, 5.41) is 19.2. The van der Waals surface area contributed by atoms with Crippen LogP contribution in [0.25, 0.3) is 0 Å². The van der Waals surface area contributed by atoms with Gasteiger partial charge in [-0.25, -0.2) is 9.78 Å². The predicted octanol–water partition coefficient (Wildman–Crippen LogP) is -0.327. The molecule has 6 nitrogen and oxygen atoms in total. The molecule has 1 aromatic heterocycles. The number of nitrogens with one attached hydrogen (secondary N) is 1. The second-order valence-corrected chi connectivity index (χ2v) is 1.72. The Morgan fingerprint density at radius 2 is 2.45 bits per heavy atom. The number of H-pyrrole nitrogens is 1. The molecule has 1 rings (SSSR count). The van der Waals surface area contributed by atoms with Crippen LogP contribution in [0.4, 0.5) is 0 Å². The van der Waals surface area contributed by atoms with E-state index in [1.54, 1.807) is 0 Å². The molecule has 0 fully saturated rings. The molecule has 1 heterocycles. The van der Waals surface area contributed by atoms with E-state index in [1.165, 1.54) is 12.5 Å². The maximum atomic E-state index is 10.3. The van der Waals surface area contributed by atoms with Gasteiger partial charge in [-0.1, -0.05) is 5.16 Å². The second-order valence-electron chi connectivity index (χ2n) is 1.72. The van der Waals surface area contributed by atoms with Gasteiger partial charge in [0, 0.05) is 0 Å². The van der Waals surface area contributed by atoms with Crippen molar-refractivity contribution in [2.24, 2.45) is 5.16 Å². The molecule has 0 atom stereocenters. The van der Waals surface area contributed by atoms with E-state index in [-0.39, 0.29) is 5.69 Å². The number of hydrogen-bond donors (Lipinski definition) is 3. The summed E-state index contributed by atoms with van der Waals surface area (Å²) in [6.07, 6.45) is 2.55. The molecule has 0 saturated heterocycles. The van der Waals surface area contributed by atoms with Crippen molar-refractivity contribution in [3.63, 3.8) is 0 Å². The van der Waals surface area contributed by atoms with Crippen LogP contribution in [0.2, 0.25) is 0 Å². The average Bonchev–Trinajstić information content (AvgIpc) is 2.40. The zero-order valence-electron chi connectivity index (χ0n) is 5.35. The van der Waals surface area contributed by atoms with E-state index in [9.17, 15) is 4.79 Å². The standard InChI is InChI=1S/C5H5N3O3/c9-5(10)4(8-11)3-1-6-2-7-3/h1-2,11H,(H,6,7)(H,9,10)/b8-4+. The lowest BCUT2D eigenvalue weighted by Crippen LogP contribution is -2.14. The number of carboxylic acid groups (broad SMARTS) is 1. The molecule has 0 saturated carbocycles. The molecular weight excluding hydrogens is 150 g/mol. The summed E-state index contributed by atoms with van der Waals surface area (Å²) in [7, 11) is 0. The third-order valence-corrected chi connectivity index (χ3v) is 1.06. The first-order chi connectivity index (χ1) is 5.25. The van der Waals surface area contributed by atoms with Crippen LogP contribution in [0, 0.1) is 0 Å². The molecule has 0 spiro atoms. The van der Waals surface area contributed by atoms with E-state index >= 15 is 0 Å². The number of carbonyl (C=O) groups is 1. The molecule has 0 aromatic carbocycles. The first kappa shape index (κ1) is 7.26. The van der Waals surface area contributed by atoms with Gasteiger partial charge in [0.25, 0.3) is 0 Å². The van der Waals surface area contributed by atoms with Crippen molar-refractivity contribution in [2.45, 2.75) is 0 Å². The van der Waals surface area contributed by atoms with Gasteiger partial charge in [-0.05, 0) is 0 Å². The Labute approximate surface area is 61.2 Å². The van der Waals surface area contributed by atoms with Crippen molar-refractivity contribution in [3.8, 4) is 0 Å². The fourth-order valence-electron chi connectivity index (χ4n) is 0.597. The van der Waals surface area contributed by atoms with Crippen molar-refractivity contribution in [1.29, 1.82) is 0 Å². The van der Waals surface area contributed by atoms with Gasteiger partial charge in [0.1, 0.15) is 0 Å². The molecule has 0 aliphatic carbocycles. The van der Waals surface area contributed by atoms with Crippen LogP contribution in [0.5, 0.6) is 0 Å². The Kier molecular flexibility index (Phi) is 1.86. The normalized spacial score (nSPS) is 11.5. The number of nitrogens with zero attached hydrogens (tertiary/aromatic N) is 2. The monoisotopic (exact) mass is 155 g/mol. The topological polar surface area (TPSA) is 98.6 Å². The van der Waals surface area contributed by atoms with E-state index in [4.69, 9.17) is 10.3 Å². The SMILES string of the molecule is O=C(O)/C(=N/O)c1cnc[nH]1. The summed E-state index contributed by atoms with van der Waals surface area (Å²) in [6.45, 7) is 0. The number of hydrogen-bond acceptors (Lipinski definition) is 4. The third kappa shape index (κ3) is 1.34. The van der Waals surface area contributed by atoms with E-state index in [1.807, 2.05) is 0 Å². The lowest BCUT2D eigenvalue weighted by atomic mass is 10.3. The van der Waals surface area contributed by atoms with Gasteiger partial charge < -0.3 is 15.3 Å². The summed E-state index contributed by atoms with van der Waals surface area (Å²) in [6, 6.07) is 0. The highest BCUT2D eigenvalue weighted by molar-refractivity contribution is 6.41. The number of aromatic amines is 1. The number of rotatable bonds is 2. The summed E-state index contributed by atoms with van der Waals surface area (Å²) < 4.78 is 0. The van der Waals surface area contributed by atoms with Crippen LogP contribution in [0.3, 0.4) is 0 Å². The largest absolute Gasteiger partial charge is 0.476 e. The number of aromatic nitrogens is 2. The van der Waals surface area contributed by atoms with Crippen LogP contribution in [-0.2, 0) is 4.79 Å². The van der Waals surface area contributed by atoms with Crippen molar-refractivity contribution in [2.75, 3.05) is 0 Å². The molecule has 6 heteroatoms. The van der Waals surface area contributed by atoms with Gasteiger partial charge in [0.05, 0.1) is 18.2 Å². The van der Waals surface area contributed by atoms with Crippen molar-refractivity contribution >= 4 is 11.7 Å². The molecule has 0 aliphatic rings. The molecule has 0 amide bonds. The van der Waals surface area contributed by atoms with E-state index in [2.05, 4.69) is 15.1 Å². The number of oxime groups is 1. The summed E-state index contributed by atoms with van der Waals surface area (Å²) in [5.41, 5.74) is -0.289. The fraction of sp³-hybridized carbons (Fsp3) is 0. The fourth-order valence-corrected chi connectivity index (χ4v) is 0.597. The lowest BCUT2D eigenvalue weighted by Gasteiger charge is -1.91. The van der Waals surface area contributed by atoms with E-state index in [0.717, 1.165) is 0 Å². The predicted molar refractivity (Wildman–Crippen MR) is 34.5 cm³/mol. The second kappa shape index (κ2) is 2.82. The van der Waals surface area contributed by atoms with Gasteiger partial charge in [-0.15, -0.1) is 0 Å². The lowest BCUT2D eigenvalue weighted by molar-refractivity contribution is -0.129. The molecule has 11 heavy (non-hydrogen) atoms. The molecule has 0 unspecified atom stereocenters. The van der Waals surface area contributed by atoms with Crippen molar-refractivity contribution in [1.82, 2.24) is 9.97 Å². The molecule has 58 valence electrons. The molecular formula is C5H5N3O3. The molecule has 0 bridgehead atoms. The Morgan fingerprint density at radius 3 is 2.82 bits per heavy atom. The summed E-state index contributed by atoms with van der Waals surface area (Å²) in [5.74, 6) is -1.31. The zero-order chi connectivity index (χ0) is 8.27. The van der Waals surface area contributed by atoms with Crippen LogP contribution >= 0.6 is 0 Å². The van der Waals surface area contributed by atoms with Crippen LogP contribution in [0.1, 0.15) is 5.69 Å². The maximum Gasteiger partial charge on any atom is 0.360 e. The smallest absolute Gasteiger partial charge is 0.360 e. The number of carboxylic acids is 1. The van der Waals surface area contributed by atoms with Gasteiger partial charge in [-0.3, -0.25) is 0 Å². The minimum atomic E-state index is -1.31. The zero-order valence-corrected chi connectivity index (χ0v) is 5.35. The summed E-state index contributed by atoms with van der Waals surface area (Å²) in [4.78, 5) is 16.3. The molecule has 0 aliphatic heterocycles. The minimum absolute atomic E-state index is 0.167. The van der Waals surface area contributed by atoms with Crippen molar-refractivity contribution in [3.05, 3.63) is 18.2 Å². The molecule has 3 N–H and O–H groups in total. The van der Waals surface area contributed by atoms with Crippen LogP contribution in [0.15, 0.2) is 17.7 Å². The van der Waals surface area contributed by atoms with Gasteiger partial charge in [0.2, 0.25) is 5.71 Å².